The van der Waals surface area contributed by atoms with Crippen LogP contribution in [-0.2, 0) is 9.59 Å². The number of ether oxygens (including phenoxy) is 1. The monoisotopic (exact) mass is 347 g/mol. The van der Waals surface area contributed by atoms with Crippen molar-refractivity contribution in [1.29, 1.82) is 0 Å². The van der Waals surface area contributed by atoms with E-state index in [4.69, 9.17) is 16.3 Å². The molecular weight excluding hydrogens is 330 g/mol. The number of nitrogens with one attached hydrogen (secondary N) is 1. The Morgan fingerprint density at radius 2 is 1.75 bits per heavy atom. The van der Waals surface area contributed by atoms with Gasteiger partial charge >= 0.3 is 5.97 Å². The van der Waals surface area contributed by atoms with Crippen LogP contribution in [0.4, 0.5) is 5.69 Å². The molecule has 6 heteroatoms. The molecule has 2 atom stereocenters. The summed E-state index contributed by atoms with van der Waals surface area (Å²) >= 11 is 5.80. The summed E-state index contributed by atoms with van der Waals surface area (Å²) < 4.78 is 5.70. The van der Waals surface area contributed by atoms with Gasteiger partial charge in [0.05, 0.1) is 12.3 Å². The van der Waals surface area contributed by atoms with Crippen LogP contribution in [0.25, 0.3) is 0 Å². The summed E-state index contributed by atoms with van der Waals surface area (Å²) in [5.74, 6) is -1.65. The third kappa shape index (κ3) is 5.28. The fourth-order valence-corrected chi connectivity index (χ4v) is 2.21. The van der Waals surface area contributed by atoms with E-state index in [2.05, 4.69) is 5.32 Å². The average Bonchev–Trinajstić information content (AvgIpc) is 2.56. The maximum Gasteiger partial charge on any atom is 0.309 e. The van der Waals surface area contributed by atoms with E-state index in [0.717, 1.165) is 0 Å². The van der Waals surface area contributed by atoms with Gasteiger partial charge in [-0.3, -0.25) is 9.59 Å². The summed E-state index contributed by atoms with van der Waals surface area (Å²) in [6, 6.07) is 15.5. The Kier molecular flexibility index (Phi) is 6.21. The van der Waals surface area contributed by atoms with Crippen LogP contribution < -0.4 is 10.1 Å². The normalized spacial score (nSPS) is 12.9. The summed E-state index contributed by atoms with van der Waals surface area (Å²) in [6.45, 7) is 1.52. The molecule has 0 aliphatic rings. The summed E-state index contributed by atoms with van der Waals surface area (Å²) in [6.07, 6.45) is -0.859. The smallest absolute Gasteiger partial charge is 0.309 e. The maximum absolute atomic E-state index is 12.2. The van der Waals surface area contributed by atoms with E-state index in [9.17, 15) is 14.7 Å². The first-order valence-electron chi connectivity index (χ1n) is 7.45. The van der Waals surface area contributed by atoms with Crippen LogP contribution in [0.3, 0.4) is 0 Å². The average molecular weight is 348 g/mol. The molecule has 5 nitrogen and oxygen atoms in total. The van der Waals surface area contributed by atoms with E-state index in [0.29, 0.717) is 16.5 Å². The molecule has 2 rings (SSSR count). The summed E-state index contributed by atoms with van der Waals surface area (Å²) in [7, 11) is 0. The lowest BCUT2D eigenvalue weighted by Crippen LogP contribution is -2.34. The zero-order valence-corrected chi connectivity index (χ0v) is 13.9. The summed E-state index contributed by atoms with van der Waals surface area (Å²) in [4.78, 5) is 23.5. The number of anilines is 1. The number of para-hydroxylation sites is 1. The first kappa shape index (κ1) is 17.8. The third-order valence-electron chi connectivity index (χ3n) is 3.49. The first-order valence-corrected chi connectivity index (χ1v) is 7.83. The molecule has 0 aromatic heterocycles. The minimum Gasteiger partial charge on any atom is -0.489 e. The molecule has 0 aliphatic carbocycles. The van der Waals surface area contributed by atoms with Gasteiger partial charge < -0.3 is 15.2 Å². The van der Waals surface area contributed by atoms with Gasteiger partial charge in [0.1, 0.15) is 11.9 Å². The maximum atomic E-state index is 12.2. The molecule has 2 unspecified atom stereocenters. The van der Waals surface area contributed by atoms with Gasteiger partial charge in [0.15, 0.2) is 0 Å². The van der Waals surface area contributed by atoms with Crippen molar-refractivity contribution < 1.29 is 19.4 Å². The molecule has 0 aliphatic heterocycles. The van der Waals surface area contributed by atoms with Crippen molar-refractivity contribution in [2.75, 3.05) is 5.32 Å². The SMILES string of the molecule is CC(C(=O)O)C(CC(=O)Nc1ccc(Cl)cc1)Oc1ccccc1. The molecule has 0 saturated heterocycles. The van der Waals surface area contributed by atoms with E-state index in [1.807, 2.05) is 6.07 Å². The molecule has 2 N–H and O–H groups in total. The highest BCUT2D eigenvalue weighted by molar-refractivity contribution is 6.30. The van der Waals surface area contributed by atoms with Gasteiger partial charge in [0, 0.05) is 10.7 Å². The van der Waals surface area contributed by atoms with Crippen LogP contribution in [0.15, 0.2) is 54.6 Å². The van der Waals surface area contributed by atoms with Gasteiger partial charge in [-0.25, -0.2) is 0 Å². The number of aliphatic carboxylic acids is 1. The van der Waals surface area contributed by atoms with Crippen molar-refractivity contribution in [2.45, 2.75) is 19.4 Å². The highest BCUT2D eigenvalue weighted by Gasteiger charge is 2.28. The largest absolute Gasteiger partial charge is 0.489 e. The van der Waals surface area contributed by atoms with Crippen molar-refractivity contribution in [2.24, 2.45) is 5.92 Å². The Labute approximate surface area is 145 Å². The van der Waals surface area contributed by atoms with Crippen molar-refractivity contribution in [3.05, 3.63) is 59.6 Å². The van der Waals surface area contributed by atoms with Crippen LogP contribution in [0.1, 0.15) is 13.3 Å². The molecule has 0 saturated carbocycles. The van der Waals surface area contributed by atoms with Gasteiger partial charge in [0.25, 0.3) is 0 Å². The molecule has 0 bridgehead atoms. The topological polar surface area (TPSA) is 75.6 Å². The highest BCUT2D eigenvalue weighted by Crippen LogP contribution is 2.20. The molecule has 2 aromatic rings. The van der Waals surface area contributed by atoms with E-state index in [1.54, 1.807) is 48.5 Å². The number of benzene rings is 2. The lowest BCUT2D eigenvalue weighted by atomic mass is 10.0. The third-order valence-corrected chi connectivity index (χ3v) is 3.74. The minimum absolute atomic E-state index is 0.0784. The number of carboxylic acid groups (broad SMARTS) is 1. The summed E-state index contributed by atoms with van der Waals surface area (Å²) in [5, 5.41) is 12.5. The Morgan fingerprint density at radius 3 is 2.33 bits per heavy atom. The van der Waals surface area contributed by atoms with E-state index in [1.165, 1.54) is 6.92 Å². The standard InChI is InChI=1S/C18H18ClNO4/c1-12(18(22)23)16(24-15-5-3-2-4-6-15)11-17(21)20-14-9-7-13(19)8-10-14/h2-10,12,16H,11H2,1H3,(H,20,21)(H,22,23). The van der Waals surface area contributed by atoms with E-state index >= 15 is 0 Å². The molecule has 0 heterocycles. The van der Waals surface area contributed by atoms with Crippen LogP contribution in [0.2, 0.25) is 5.02 Å². The molecule has 0 spiro atoms. The highest BCUT2D eigenvalue weighted by atomic mass is 35.5. The second-order valence-corrected chi connectivity index (χ2v) is 5.79. The van der Waals surface area contributed by atoms with E-state index < -0.39 is 18.0 Å². The Bertz CT molecular complexity index is 688. The van der Waals surface area contributed by atoms with E-state index in [-0.39, 0.29) is 12.3 Å². The molecular formula is C18H18ClNO4. The number of hydrogen-bond acceptors (Lipinski definition) is 3. The van der Waals surface area contributed by atoms with Crippen molar-refractivity contribution in [1.82, 2.24) is 0 Å². The zero-order valence-electron chi connectivity index (χ0n) is 13.1. The first-order chi connectivity index (χ1) is 11.5. The van der Waals surface area contributed by atoms with Crippen LogP contribution in [0.5, 0.6) is 5.75 Å². The fourth-order valence-electron chi connectivity index (χ4n) is 2.08. The predicted molar refractivity (Wildman–Crippen MR) is 92.4 cm³/mol. The van der Waals surface area contributed by atoms with Crippen molar-refractivity contribution in [3.63, 3.8) is 0 Å². The lowest BCUT2D eigenvalue weighted by molar-refractivity contribution is -0.144. The Hall–Kier alpha value is -2.53. The predicted octanol–water partition coefficient (Wildman–Crippen LogP) is 3.84. The van der Waals surface area contributed by atoms with Crippen molar-refractivity contribution >= 4 is 29.2 Å². The number of carbonyl (C=O) groups is 2. The Morgan fingerprint density at radius 1 is 1.12 bits per heavy atom. The van der Waals surface area contributed by atoms with Crippen LogP contribution in [0, 0.1) is 5.92 Å². The number of carbonyl (C=O) groups excluding carboxylic acids is 1. The van der Waals surface area contributed by atoms with Gasteiger partial charge in [0.2, 0.25) is 5.91 Å². The van der Waals surface area contributed by atoms with Gasteiger partial charge in [-0.15, -0.1) is 0 Å². The number of amides is 1. The number of rotatable bonds is 7. The van der Waals surface area contributed by atoms with Gasteiger partial charge in [-0.2, -0.15) is 0 Å². The second kappa shape index (κ2) is 8.36. The fraction of sp³-hybridized carbons (Fsp3) is 0.222. The molecule has 0 radical (unpaired) electrons. The molecule has 24 heavy (non-hydrogen) atoms. The molecule has 1 amide bonds. The lowest BCUT2D eigenvalue weighted by Gasteiger charge is -2.22. The second-order valence-electron chi connectivity index (χ2n) is 5.36. The molecule has 2 aromatic carbocycles. The van der Waals surface area contributed by atoms with Crippen LogP contribution in [-0.4, -0.2) is 23.1 Å². The quantitative estimate of drug-likeness (QED) is 0.798. The zero-order chi connectivity index (χ0) is 17.5. The van der Waals surface area contributed by atoms with Gasteiger partial charge in [-0.05, 0) is 43.3 Å². The number of carboxylic acids is 1. The van der Waals surface area contributed by atoms with Gasteiger partial charge in [-0.1, -0.05) is 29.8 Å². The van der Waals surface area contributed by atoms with Crippen LogP contribution >= 0.6 is 11.6 Å². The minimum atomic E-state index is -1.02. The summed E-state index contributed by atoms with van der Waals surface area (Å²) in [5.41, 5.74) is 0.589. The Balaban J connectivity index is 2.05. The molecule has 0 fully saturated rings. The number of halogens is 1. The number of hydrogen-bond donors (Lipinski definition) is 2. The van der Waals surface area contributed by atoms with Crippen molar-refractivity contribution in [3.8, 4) is 5.75 Å². The molecule has 126 valence electrons.